The average Bonchev–Trinajstić information content (AvgIpc) is 3.35. The van der Waals surface area contributed by atoms with Crippen LogP contribution in [0, 0.1) is 5.92 Å². The van der Waals surface area contributed by atoms with Crippen molar-refractivity contribution >= 4 is 30.7 Å². The smallest absolute Gasteiger partial charge is 0.240 e. The topological polar surface area (TPSA) is 83.7 Å². The van der Waals surface area contributed by atoms with Crippen LogP contribution in [0.15, 0.2) is 4.52 Å². The predicted molar refractivity (Wildman–Crippen MR) is 118 cm³/mol. The highest BCUT2D eigenvalue weighted by molar-refractivity contribution is 5.85. The van der Waals surface area contributed by atoms with Crippen LogP contribution >= 0.6 is 24.8 Å². The second kappa shape index (κ2) is 11.6. The third-order valence-corrected chi connectivity index (χ3v) is 6.47. The number of piperazine rings is 1. The van der Waals surface area contributed by atoms with Crippen LogP contribution in [0.5, 0.6) is 0 Å². The Labute approximate surface area is 191 Å². The van der Waals surface area contributed by atoms with Crippen LogP contribution in [0.2, 0.25) is 0 Å². The molecule has 0 spiro atoms. The number of hydrogen-bond acceptors (Lipinski definition) is 7. The summed E-state index contributed by atoms with van der Waals surface area (Å²) in [4.78, 5) is 21.7. The molecule has 1 amide bonds. The molecule has 1 aromatic heterocycles. The summed E-state index contributed by atoms with van der Waals surface area (Å²) >= 11 is 0. The van der Waals surface area contributed by atoms with Crippen LogP contribution < -0.4 is 5.32 Å². The van der Waals surface area contributed by atoms with Crippen molar-refractivity contribution in [3.05, 3.63) is 11.7 Å². The van der Waals surface area contributed by atoms with Gasteiger partial charge in [0, 0.05) is 38.8 Å². The molecule has 3 aliphatic rings. The zero-order valence-electron chi connectivity index (χ0n) is 17.9. The highest BCUT2D eigenvalue weighted by atomic mass is 35.5. The molecule has 10 heteroatoms. The minimum absolute atomic E-state index is 0. The standard InChI is InChI=1S/C20H33N5O3.2ClH/c1-3-27-14(2)19-22-18(28-23-19)13-24-8-10-25(11-9-24)20(26)17-12-15-6-4-5-7-16(15)21-17;;/h14-17,21H,3-13H2,1-2H3;2*1H. The molecular formula is C20H35Cl2N5O3. The van der Waals surface area contributed by atoms with Gasteiger partial charge in [0.2, 0.25) is 11.8 Å². The zero-order valence-corrected chi connectivity index (χ0v) is 19.6. The number of carbonyl (C=O) groups is 1. The molecule has 1 aliphatic carbocycles. The van der Waals surface area contributed by atoms with Gasteiger partial charge in [0.1, 0.15) is 6.10 Å². The highest BCUT2D eigenvalue weighted by Crippen LogP contribution is 2.33. The van der Waals surface area contributed by atoms with Crippen LogP contribution in [0.1, 0.15) is 63.8 Å². The van der Waals surface area contributed by atoms with Crippen molar-refractivity contribution in [3.63, 3.8) is 0 Å². The lowest BCUT2D eigenvalue weighted by Gasteiger charge is -2.35. The Morgan fingerprint density at radius 2 is 1.97 bits per heavy atom. The van der Waals surface area contributed by atoms with Crippen molar-refractivity contribution in [1.82, 2.24) is 25.3 Å². The molecule has 0 radical (unpaired) electrons. The van der Waals surface area contributed by atoms with Gasteiger partial charge in [0.05, 0.1) is 12.6 Å². The van der Waals surface area contributed by atoms with Gasteiger partial charge in [-0.1, -0.05) is 18.0 Å². The molecule has 3 fully saturated rings. The minimum atomic E-state index is -0.153. The zero-order chi connectivity index (χ0) is 19.5. The molecule has 4 unspecified atom stereocenters. The molecular weight excluding hydrogens is 429 g/mol. The van der Waals surface area contributed by atoms with E-state index in [4.69, 9.17) is 9.26 Å². The summed E-state index contributed by atoms with van der Waals surface area (Å²) < 4.78 is 10.9. The SMILES string of the molecule is CCOC(C)c1noc(CN2CCN(C(=O)C3CC4CCCCC4N3)CC2)n1.Cl.Cl. The van der Waals surface area contributed by atoms with Gasteiger partial charge in [-0.25, -0.2) is 0 Å². The van der Waals surface area contributed by atoms with Crippen LogP contribution in [0.25, 0.3) is 0 Å². The monoisotopic (exact) mass is 463 g/mol. The molecule has 3 heterocycles. The summed E-state index contributed by atoms with van der Waals surface area (Å²) in [6.07, 6.45) is 6.00. The van der Waals surface area contributed by atoms with E-state index < -0.39 is 0 Å². The van der Waals surface area contributed by atoms with Gasteiger partial charge >= 0.3 is 0 Å². The Kier molecular flexibility index (Phi) is 9.81. The number of carbonyl (C=O) groups excluding carboxylic acids is 1. The van der Waals surface area contributed by atoms with Gasteiger partial charge in [0.15, 0.2) is 5.82 Å². The number of hydrogen-bond donors (Lipinski definition) is 1. The fraction of sp³-hybridized carbons (Fsp3) is 0.850. The van der Waals surface area contributed by atoms with E-state index in [0.717, 1.165) is 32.6 Å². The number of nitrogens with zero attached hydrogens (tertiary/aromatic N) is 4. The van der Waals surface area contributed by atoms with E-state index in [0.29, 0.717) is 42.7 Å². The first kappa shape index (κ1) is 25.3. The maximum Gasteiger partial charge on any atom is 0.240 e. The van der Waals surface area contributed by atoms with Crippen molar-refractivity contribution < 1.29 is 14.1 Å². The molecule has 4 atom stereocenters. The first-order chi connectivity index (χ1) is 13.6. The van der Waals surface area contributed by atoms with Crippen molar-refractivity contribution in [2.45, 2.75) is 70.7 Å². The first-order valence-electron chi connectivity index (χ1n) is 10.8. The number of halogens is 2. The van der Waals surface area contributed by atoms with E-state index in [-0.39, 0.29) is 37.0 Å². The molecule has 0 aromatic carbocycles. The maximum absolute atomic E-state index is 12.9. The number of ether oxygens (including phenoxy) is 1. The summed E-state index contributed by atoms with van der Waals surface area (Å²) in [7, 11) is 0. The lowest BCUT2D eigenvalue weighted by molar-refractivity contribution is -0.135. The largest absolute Gasteiger partial charge is 0.371 e. The number of amides is 1. The second-order valence-electron chi connectivity index (χ2n) is 8.35. The van der Waals surface area contributed by atoms with Gasteiger partial charge in [-0.3, -0.25) is 9.69 Å². The van der Waals surface area contributed by atoms with Crippen molar-refractivity contribution in [1.29, 1.82) is 0 Å². The minimum Gasteiger partial charge on any atom is -0.371 e. The van der Waals surface area contributed by atoms with E-state index in [1.54, 1.807) is 0 Å². The fourth-order valence-corrected chi connectivity index (χ4v) is 4.87. The molecule has 8 nitrogen and oxygen atoms in total. The van der Waals surface area contributed by atoms with E-state index >= 15 is 0 Å². The van der Waals surface area contributed by atoms with E-state index in [1.165, 1.54) is 25.7 Å². The molecule has 1 aromatic rings. The Morgan fingerprint density at radius 1 is 1.23 bits per heavy atom. The fourth-order valence-electron chi connectivity index (χ4n) is 4.87. The number of aromatic nitrogens is 2. The lowest BCUT2D eigenvalue weighted by Crippen LogP contribution is -2.53. The van der Waals surface area contributed by atoms with Crippen LogP contribution in [0.4, 0.5) is 0 Å². The number of nitrogens with one attached hydrogen (secondary N) is 1. The van der Waals surface area contributed by atoms with Gasteiger partial charge in [0.25, 0.3) is 0 Å². The second-order valence-corrected chi connectivity index (χ2v) is 8.35. The number of fused-ring (bicyclic) bond motifs is 1. The highest BCUT2D eigenvalue weighted by Gasteiger charge is 2.40. The summed E-state index contributed by atoms with van der Waals surface area (Å²) in [5, 5.41) is 7.64. The van der Waals surface area contributed by atoms with Gasteiger partial charge in [-0.2, -0.15) is 4.98 Å². The molecule has 2 saturated heterocycles. The van der Waals surface area contributed by atoms with Crippen molar-refractivity contribution in [3.8, 4) is 0 Å². The molecule has 2 aliphatic heterocycles. The van der Waals surface area contributed by atoms with Crippen LogP contribution in [0.3, 0.4) is 0 Å². The third kappa shape index (κ3) is 5.85. The van der Waals surface area contributed by atoms with Gasteiger partial charge in [-0.15, -0.1) is 24.8 Å². The van der Waals surface area contributed by atoms with Gasteiger partial charge < -0.3 is 19.5 Å². The van der Waals surface area contributed by atoms with E-state index in [9.17, 15) is 4.79 Å². The summed E-state index contributed by atoms with van der Waals surface area (Å²) in [6.45, 7) is 8.33. The molecule has 172 valence electrons. The maximum atomic E-state index is 12.9. The Morgan fingerprint density at radius 3 is 2.67 bits per heavy atom. The van der Waals surface area contributed by atoms with E-state index in [2.05, 4.69) is 20.4 Å². The van der Waals surface area contributed by atoms with Crippen LogP contribution in [-0.4, -0.2) is 70.7 Å². The third-order valence-electron chi connectivity index (χ3n) is 6.47. The first-order valence-corrected chi connectivity index (χ1v) is 10.8. The summed E-state index contributed by atoms with van der Waals surface area (Å²) in [5.41, 5.74) is 0. The average molecular weight is 464 g/mol. The molecule has 1 saturated carbocycles. The van der Waals surface area contributed by atoms with Crippen LogP contribution in [-0.2, 0) is 16.1 Å². The van der Waals surface area contributed by atoms with Crippen molar-refractivity contribution in [2.24, 2.45) is 5.92 Å². The molecule has 1 N–H and O–H groups in total. The Balaban J connectivity index is 0.00000160. The lowest BCUT2D eigenvalue weighted by atomic mass is 9.85. The number of rotatable bonds is 6. The molecule has 0 bridgehead atoms. The summed E-state index contributed by atoms with van der Waals surface area (Å²) in [5.74, 6) is 2.21. The van der Waals surface area contributed by atoms with Crippen molar-refractivity contribution in [2.75, 3.05) is 32.8 Å². The normalized spacial score (nSPS) is 27.7. The summed E-state index contributed by atoms with van der Waals surface area (Å²) in [6, 6.07) is 0.591. The molecule has 4 rings (SSSR count). The quantitative estimate of drug-likeness (QED) is 0.693. The van der Waals surface area contributed by atoms with E-state index in [1.807, 2.05) is 18.7 Å². The Hall–Kier alpha value is -0.930. The molecule has 30 heavy (non-hydrogen) atoms. The Bertz CT molecular complexity index is 655. The predicted octanol–water partition coefficient (Wildman–Crippen LogP) is 2.58. The van der Waals surface area contributed by atoms with Gasteiger partial charge in [-0.05, 0) is 39.0 Å².